The van der Waals surface area contributed by atoms with Crippen LogP contribution in [-0.2, 0) is 17.8 Å². The van der Waals surface area contributed by atoms with Crippen LogP contribution in [0.1, 0.15) is 12.0 Å². The molecule has 0 spiro atoms. The van der Waals surface area contributed by atoms with Gasteiger partial charge in [0.2, 0.25) is 5.95 Å². The fourth-order valence-corrected chi connectivity index (χ4v) is 3.77. The van der Waals surface area contributed by atoms with Gasteiger partial charge in [0.25, 0.3) is 5.56 Å². The van der Waals surface area contributed by atoms with Gasteiger partial charge in [-0.15, -0.1) is 0 Å². The van der Waals surface area contributed by atoms with E-state index in [1.807, 2.05) is 0 Å². The minimum absolute atomic E-state index is 0.120. The molecule has 1 atom stereocenters. The Kier molecular flexibility index (Phi) is 5.39. The fourth-order valence-electron chi connectivity index (χ4n) is 3.77. The van der Waals surface area contributed by atoms with Crippen LogP contribution in [0.2, 0.25) is 0 Å². The SMILES string of the molecule is O=c1cc(N2CCOCC2)nc2n1CCC(C(F)(F)F)N2Cc1ccc(F)cc1F. The molecule has 0 N–H and O–H groups in total. The third kappa shape index (κ3) is 3.98. The lowest BCUT2D eigenvalue weighted by Crippen LogP contribution is -2.52. The molecule has 2 aromatic rings. The van der Waals surface area contributed by atoms with Gasteiger partial charge in [0.05, 0.1) is 13.2 Å². The molecule has 1 saturated heterocycles. The molecular weight excluding hydrogens is 411 g/mol. The first-order valence-corrected chi connectivity index (χ1v) is 9.46. The van der Waals surface area contributed by atoms with Crippen molar-refractivity contribution in [2.24, 2.45) is 0 Å². The second-order valence-corrected chi connectivity index (χ2v) is 7.21. The van der Waals surface area contributed by atoms with E-state index in [9.17, 15) is 26.7 Å². The molecule has 2 aliphatic heterocycles. The van der Waals surface area contributed by atoms with Gasteiger partial charge in [-0.25, -0.2) is 8.78 Å². The summed E-state index contributed by atoms with van der Waals surface area (Å²) in [7, 11) is 0. The molecule has 1 aromatic carbocycles. The molecule has 0 aliphatic carbocycles. The van der Waals surface area contributed by atoms with Crippen molar-refractivity contribution < 1.29 is 26.7 Å². The van der Waals surface area contributed by atoms with E-state index < -0.39 is 36.0 Å². The van der Waals surface area contributed by atoms with Gasteiger partial charge in [-0.1, -0.05) is 6.07 Å². The Bertz CT molecular complexity index is 988. The second kappa shape index (κ2) is 7.86. The maximum atomic E-state index is 14.2. The average Bonchev–Trinajstić information content (AvgIpc) is 2.70. The quantitative estimate of drug-likeness (QED) is 0.701. The van der Waals surface area contributed by atoms with Gasteiger partial charge in [-0.3, -0.25) is 9.36 Å². The Labute approximate surface area is 168 Å². The summed E-state index contributed by atoms with van der Waals surface area (Å²) in [4.78, 5) is 19.6. The van der Waals surface area contributed by atoms with Crippen molar-refractivity contribution in [2.75, 3.05) is 36.1 Å². The van der Waals surface area contributed by atoms with Crippen LogP contribution in [0, 0.1) is 11.6 Å². The third-order valence-corrected chi connectivity index (χ3v) is 5.30. The molecule has 0 radical (unpaired) electrons. The van der Waals surface area contributed by atoms with E-state index in [0.29, 0.717) is 32.4 Å². The van der Waals surface area contributed by atoms with Gasteiger partial charge in [0.1, 0.15) is 23.5 Å². The smallest absolute Gasteiger partial charge is 0.378 e. The highest BCUT2D eigenvalue weighted by molar-refractivity contribution is 5.47. The van der Waals surface area contributed by atoms with E-state index in [4.69, 9.17) is 4.74 Å². The summed E-state index contributed by atoms with van der Waals surface area (Å²) in [6.45, 7) is 1.06. The summed E-state index contributed by atoms with van der Waals surface area (Å²) >= 11 is 0. The van der Waals surface area contributed by atoms with Crippen LogP contribution in [0.5, 0.6) is 0 Å². The molecule has 30 heavy (non-hydrogen) atoms. The largest absolute Gasteiger partial charge is 0.408 e. The van der Waals surface area contributed by atoms with Gasteiger partial charge in [-0.2, -0.15) is 18.2 Å². The average molecular weight is 430 g/mol. The maximum Gasteiger partial charge on any atom is 0.408 e. The topological polar surface area (TPSA) is 50.6 Å². The molecule has 162 valence electrons. The van der Waals surface area contributed by atoms with E-state index in [1.165, 1.54) is 6.07 Å². The van der Waals surface area contributed by atoms with Crippen LogP contribution in [0.15, 0.2) is 29.1 Å². The summed E-state index contributed by atoms with van der Waals surface area (Å²) in [6, 6.07) is 2.04. The highest BCUT2D eigenvalue weighted by atomic mass is 19.4. The number of rotatable bonds is 3. The molecule has 4 rings (SSSR count). The van der Waals surface area contributed by atoms with Gasteiger partial charge in [-0.05, 0) is 12.5 Å². The molecule has 3 heterocycles. The van der Waals surface area contributed by atoms with Crippen LogP contribution >= 0.6 is 0 Å². The second-order valence-electron chi connectivity index (χ2n) is 7.21. The first kappa shape index (κ1) is 20.6. The van der Waals surface area contributed by atoms with Gasteiger partial charge in [0.15, 0.2) is 0 Å². The number of morpholine rings is 1. The number of hydrogen-bond acceptors (Lipinski definition) is 5. The first-order chi connectivity index (χ1) is 14.2. The number of aromatic nitrogens is 2. The normalized spacial score (nSPS) is 19.7. The molecule has 1 aromatic heterocycles. The summed E-state index contributed by atoms with van der Waals surface area (Å²) in [5, 5.41) is 0. The van der Waals surface area contributed by atoms with Crippen LogP contribution in [0.4, 0.5) is 33.7 Å². The summed E-state index contributed by atoms with van der Waals surface area (Å²) in [5.41, 5.74) is -0.600. The van der Waals surface area contributed by atoms with E-state index >= 15 is 0 Å². The number of fused-ring (bicyclic) bond motifs is 1. The lowest BCUT2D eigenvalue weighted by molar-refractivity contribution is -0.153. The van der Waals surface area contributed by atoms with Crippen LogP contribution < -0.4 is 15.4 Å². The molecule has 1 unspecified atom stereocenters. The molecule has 11 heteroatoms. The minimum atomic E-state index is -4.62. The highest BCUT2D eigenvalue weighted by Crippen LogP contribution is 2.35. The zero-order chi connectivity index (χ0) is 21.5. The molecule has 0 amide bonds. The standard InChI is InChI=1S/C19H19F5N4O2/c20-13-2-1-12(14(21)9-13)11-28-15(19(22,23)24)3-4-27-17(29)10-16(25-18(27)28)26-5-7-30-8-6-26/h1-2,9-10,15H,3-8,11H2. The molecule has 2 aliphatic rings. The number of nitrogens with zero attached hydrogens (tertiary/aromatic N) is 4. The van der Waals surface area contributed by atoms with E-state index in [2.05, 4.69) is 4.98 Å². The summed E-state index contributed by atoms with van der Waals surface area (Å²) < 4.78 is 75.2. The minimum Gasteiger partial charge on any atom is -0.378 e. The van der Waals surface area contributed by atoms with E-state index in [-0.39, 0.29) is 30.3 Å². The van der Waals surface area contributed by atoms with Crippen molar-refractivity contribution in [3.8, 4) is 0 Å². The van der Waals surface area contributed by atoms with Crippen molar-refractivity contribution in [3.05, 3.63) is 51.8 Å². The van der Waals surface area contributed by atoms with Crippen molar-refractivity contribution in [1.82, 2.24) is 9.55 Å². The fraction of sp³-hybridized carbons (Fsp3) is 0.474. The number of ether oxygens (including phenoxy) is 1. The number of anilines is 2. The van der Waals surface area contributed by atoms with Crippen molar-refractivity contribution in [3.63, 3.8) is 0 Å². The third-order valence-electron chi connectivity index (χ3n) is 5.30. The van der Waals surface area contributed by atoms with E-state index in [1.54, 1.807) is 4.90 Å². The molecule has 6 nitrogen and oxygen atoms in total. The Morgan fingerprint density at radius 1 is 1.10 bits per heavy atom. The van der Waals surface area contributed by atoms with Crippen LogP contribution in [0.25, 0.3) is 0 Å². The number of hydrogen-bond donors (Lipinski definition) is 0. The summed E-state index contributed by atoms with van der Waals surface area (Å²) in [6.07, 6.45) is -4.99. The lowest BCUT2D eigenvalue weighted by atomic mass is 10.1. The lowest BCUT2D eigenvalue weighted by Gasteiger charge is -2.39. The van der Waals surface area contributed by atoms with Gasteiger partial charge in [0, 0.05) is 43.9 Å². The Morgan fingerprint density at radius 3 is 2.50 bits per heavy atom. The van der Waals surface area contributed by atoms with Gasteiger partial charge < -0.3 is 14.5 Å². The van der Waals surface area contributed by atoms with Crippen LogP contribution in [-0.4, -0.2) is 48.1 Å². The Morgan fingerprint density at radius 2 is 1.83 bits per heavy atom. The molecule has 0 saturated carbocycles. The molecular formula is C19H19F5N4O2. The summed E-state index contributed by atoms with van der Waals surface area (Å²) in [5.74, 6) is -1.71. The predicted molar refractivity (Wildman–Crippen MR) is 98.5 cm³/mol. The van der Waals surface area contributed by atoms with Crippen molar-refractivity contribution in [1.29, 1.82) is 0 Å². The Hall–Kier alpha value is -2.69. The van der Waals surface area contributed by atoms with Crippen molar-refractivity contribution in [2.45, 2.75) is 31.7 Å². The first-order valence-electron chi connectivity index (χ1n) is 9.46. The molecule has 0 bridgehead atoms. The number of alkyl halides is 3. The Balaban J connectivity index is 1.78. The predicted octanol–water partition coefficient (Wildman–Crippen LogP) is 2.70. The zero-order valence-electron chi connectivity index (χ0n) is 15.8. The zero-order valence-corrected chi connectivity index (χ0v) is 15.8. The maximum absolute atomic E-state index is 14.2. The van der Waals surface area contributed by atoms with Crippen LogP contribution in [0.3, 0.4) is 0 Å². The molecule has 1 fully saturated rings. The van der Waals surface area contributed by atoms with Crippen molar-refractivity contribution >= 4 is 11.8 Å². The highest BCUT2D eigenvalue weighted by Gasteiger charge is 2.47. The van der Waals surface area contributed by atoms with E-state index in [0.717, 1.165) is 21.6 Å². The number of benzene rings is 1. The number of halogens is 5. The van der Waals surface area contributed by atoms with Gasteiger partial charge >= 0.3 is 6.18 Å². The monoisotopic (exact) mass is 430 g/mol.